The number of hydrogen-bond acceptors (Lipinski definition) is 6. The second-order valence-electron chi connectivity index (χ2n) is 7.12. The van der Waals surface area contributed by atoms with Gasteiger partial charge in [0.05, 0.1) is 23.8 Å². The first-order valence-electron chi connectivity index (χ1n) is 10.7. The Morgan fingerprint density at radius 2 is 1.94 bits per heavy atom. The fourth-order valence-electron chi connectivity index (χ4n) is 3.35. The van der Waals surface area contributed by atoms with E-state index in [1.54, 1.807) is 17.7 Å². The Morgan fingerprint density at radius 1 is 1.16 bits per heavy atom. The molecule has 0 aliphatic heterocycles. The van der Waals surface area contributed by atoms with Gasteiger partial charge in [-0.15, -0.1) is 0 Å². The molecule has 1 heterocycles. The molecule has 32 heavy (non-hydrogen) atoms. The van der Waals surface area contributed by atoms with Crippen LogP contribution in [0, 0.1) is 0 Å². The summed E-state index contributed by atoms with van der Waals surface area (Å²) >= 11 is 1.28. The lowest BCUT2D eigenvalue weighted by molar-refractivity contribution is -0.118. The molecule has 0 bridgehead atoms. The van der Waals surface area contributed by atoms with Gasteiger partial charge >= 0.3 is 0 Å². The van der Waals surface area contributed by atoms with Crippen molar-refractivity contribution in [1.29, 1.82) is 0 Å². The summed E-state index contributed by atoms with van der Waals surface area (Å²) in [7, 11) is 1.64. The maximum Gasteiger partial charge on any atom is 0.262 e. The number of rotatable bonds is 12. The highest BCUT2D eigenvalue weighted by Gasteiger charge is 2.13. The SMILES string of the molecule is CCOCCCn1c(SCC(=O)NCCc2ccccc2OC)nc2ccccc2c1=O. The van der Waals surface area contributed by atoms with Crippen LogP contribution in [-0.4, -0.2) is 48.1 Å². The molecule has 8 heteroatoms. The van der Waals surface area contributed by atoms with Crippen LogP contribution >= 0.6 is 11.8 Å². The molecule has 170 valence electrons. The van der Waals surface area contributed by atoms with E-state index in [9.17, 15) is 9.59 Å². The normalized spacial score (nSPS) is 10.9. The molecule has 0 unspecified atom stereocenters. The summed E-state index contributed by atoms with van der Waals surface area (Å²) in [6.07, 6.45) is 1.38. The van der Waals surface area contributed by atoms with Crippen LogP contribution < -0.4 is 15.6 Å². The molecule has 1 aromatic heterocycles. The Hall–Kier alpha value is -2.84. The van der Waals surface area contributed by atoms with E-state index >= 15 is 0 Å². The van der Waals surface area contributed by atoms with Crippen LogP contribution in [0.5, 0.6) is 5.75 Å². The summed E-state index contributed by atoms with van der Waals surface area (Å²) in [6, 6.07) is 15.0. The van der Waals surface area contributed by atoms with E-state index in [-0.39, 0.29) is 17.2 Å². The van der Waals surface area contributed by atoms with E-state index in [2.05, 4.69) is 10.3 Å². The number of aromatic nitrogens is 2. The van der Waals surface area contributed by atoms with Gasteiger partial charge in [0.1, 0.15) is 5.75 Å². The summed E-state index contributed by atoms with van der Waals surface area (Å²) in [5.74, 6) is 0.892. The topological polar surface area (TPSA) is 82.4 Å². The van der Waals surface area contributed by atoms with Crippen molar-refractivity contribution in [1.82, 2.24) is 14.9 Å². The van der Waals surface area contributed by atoms with E-state index < -0.39 is 0 Å². The molecule has 3 rings (SSSR count). The standard InChI is InChI=1S/C24H29N3O4S/c1-3-31-16-8-15-27-23(29)19-10-5-6-11-20(19)26-24(27)32-17-22(28)25-14-13-18-9-4-7-12-21(18)30-2/h4-7,9-12H,3,8,13-17H2,1-2H3,(H,25,28). The quantitative estimate of drug-likeness (QED) is 0.256. The number of para-hydroxylation sites is 2. The number of thioether (sulfide) groups is 1. The first-order valence-corrected chi connectivity index (χ1v) is 11.7. The summed E-state index contributed by atoms with van der Waals surface area (Å²) in [5.41, 5.74) is 1.59. The Morgan fingerprint density at radius 3 is 2.75 bits per heavy atom. The van der Waals surface area contributed by atoms with Crippen LogP contribution in [0.15, 0.2) is 58.5 Å². The van der Waals surface area contributed by atoms with Gasteiger partial charge < -0.3 is 14.8 Å². The third kappa shape index (κ3) is 6.34. The summed E-state index contributed by atoms with van der Waals surface area (Å²) in [4.78, 5) is 30.1. The molecule has 0 saturated heterocycles. The Balaban J connectivity index is 1.63. The molecule has 0 radical (unpaired) electrons. The van der Waals surface area contributed by atoms with Crippen molar-refractivity contribution < 1.29 is 14.3 Å². The van der Waals surface area contributed by atoms with Gasteiger partial charge in [-0.1, -0.05) is 42.1 Å². The van der Waals surface area contributed by atoms with Gasteiger partial charge in [-0.2, -0.15) is 0 Å². The number of carbonyl (C=O) groups excluding carboxylic acids is 1. The highest BCUT2D eigenvalue weighted by Crippen LogP contribution is 2.19. The van der Waals surface area contributed by atoms with E-state index in [1.165, 1.54) is 11.8 Å². The van der Waals surface area contributed by atoms with Crippen molar-refractivity contribution in [3.8, 4) is 5.75 Å². The maximum absolute atomic E-state index is 13.0. The minimum absolute atomic E-state index is 0.0915. The van der Waals surface area contributed by atoms with Crippen molar-refractivity contribution in [3.63, 3.8) is 0 Å². The molecule has 0 atom stereocenters. The second-order valence-corrected chi connectivity index (χ2v) is 8.06. The van der Waals surface area contributed by atoms with E-state index in [0.717, 1.165) is 11.3 Å². The predicted molar refractivity (Wildman–Crippen MR) is 128 cm³/mol. The van der Waals surface area contributed by atoms with E-state index in [4.69, 9.17) is 9.47 Å². The Bertz CT molecular complexity index is 1100. The van der Waals surface area contributed by atoms with Gasteiger partial charge in [0.2, 0.25) is 5.91 Å². The predicted octanol–water partition coefficient (Wildman–Crippen LogP) is 3.28. The number of carbonyl (C=O) groups is 1. The number of nitrogens with one attached hydrogen (secondary N) is 1. The molecule has 0 spiro atoms. The van der Waals surface area contributed by atoms with Gasteiger partial charge in [-0.25, -0.2) is 4.98 Å². The first kappa shape index (κ1) is 23.8. The molecule has 0 aliphatic rings. The maximum atomic E-state index is 13.0. The van der Waals surface area contributed by atoms with Crippen molar-refractivity contribution in [2.45, 2.75) is 31.5 Å². The van der Waals surface area contributed by atoms with Gasteiger partial charge in [0.25, 0.3) is 5.56 Å². The van der Waals surface area contributed by atoms with Crippen molar-refractivity contribution in [3.05, 3.63) is 64.4 Å². The lowest BCUT2D eigenvalue weighted by Gasteiger charge is -2.13. The van der Waals surface area contributed by atoms with E-state index in [1.807, 2.05) is 49.4 Å². The molecule has 3 aromatic rings. The third-order valence-corrected chi connectivity index (χ3v) is 5.92. The third-order valence-electron chi connectivity index (χ3n) is 4.94. The second kappa shape index (κ2) is 12.3. The molecule has 7 nitrogen and oxygen atoms in total. The average molecular weight is 456 g/mol. The first-order chi connectivity index (χ1) is 15.6. The molecule has 0 aliphatic carbocycles. The highest BCUT2D eigenvalue weighted by molar-refractivity contribution is 7.99. The zero-order chi connectivity index (χ0) is 22.8. The number of hydrogen-bond donors (Lipinski definition) is 1. The molecule has 0 saturated carbocycles. The van der Waals surface area contributed by atoms with Crippen LogP contribution in [0.2, 0.25) is 0 Å². The molecule has 2 aromatic carbocycles. The average Bonchev–Trinajstić information content (AvgIpc) is 2.82. The van der Waals surface area contributed by atoms with Crippen LogP contribution in [0.4, 0.5) is 0 Å². The van der Waals surface area contributed by atoms with Crippen molar-refractivity contribution in [2.24, 2.45) is 0 Å². The highest BCUT2D eigenvalue weighted by atomic mass is 32.2. The molecule has 1 amide bonds. The fourth-order valence-corrected chi connectivity index (χ4v) is 4.21. The van der Waals surface area contributed by atoms with Gasteiger partial charge in [0.15, 0.2) is 5.16 Å². The Labute approximate surface area is 192 Å². The monoisotopic (exact) mass is 455 g/mol. The summed E-state index contributed by atoms with van der Waals surface area (Å²) < 4.78 is 12.4. The number of fused-ring (bicyclic) bond motifs is 1. The molecule has 0 fully saturated rings. The molecular formula is C24H29N3O4S. The number of nitrogens with zero attached hydrogens (tertiary/aromatic N) is 2. The lowest BCUT2D eigenvalue weighted by atomic mass is 10.1. The fraction of sp³-hybridized carbons (Fsp3) is 0.375. The van der Waals surface area contributed by atoms with Crippen LogP contribution in [0.25, 0.3) is 10.9 Å². The number of ether oxygens (including phenoxy) is 2. The smallest absolute Gasteiger partial charge is 0.262 e. The zero-order valence-electron chi connectivity index (χ0n) is 18.5. The summed E-state index contributed by atoms with van der Waals surface area (Å²) in [5, 5.41) is 4.06. The minimum atomic E-state index is -0.104. The minimum Gasteiger partial charge on any atom is -0.496 e. The van der Waals surface area contributed by atoms with Gasteiger partial charge in [-0.3, -0.25) is 14.2 Å². The molecule has 1 N–H and O–H groups in total. The van der Waals surface area contributed by atoms with Gasteiger partial charge in [-0.05, 0) is 43.5 Å². The lowest BCUT2D eigenvalue weighted by Crippen LogP contribution is -2.28. The van der Waals surface area contributed by atoms with E-state index in [0.29, 0.717) is 55.2 Å². The zero-order valence-corrected chi connectivity index (χ0v) is 19.3. The Kier molecular flexibility index (Phi) is 9.13. The number of benzene rings is 2. The van der Waals surface area contributed by atoms with Crippen LogP contribution in [0.3, 0.4) is 0 Å². The number of amides is 1. The summed E-state index contributed by atoms with van der Waals surface area (Å²) in [6.45, 7) is 4.16. The van der Waals surface area contributed by atoms with Crippen molar-refractivity contribution in [2.75, 3.05) is 32.6 Å². The van der Waals surface area contributed by atoms with Crippen LogP contribution in [-0.2, 0) is 22.5 Å². The van der Waals surface area contributed by atoms with Gasteiger partial charge in [0, 0.05) is 26.3 Å². The van der Waals surface area contributed by atoms with Crippen molar-refractivity contribution >= 4 is 28.6 Å². The largest absolute Gasteiger partial charge is 0.496 e. The van der Waals surface area contributed by atoms with Crippen LogP contribution in [0.1, 0.15) is 18.9 Å². The molecular weight excluding hydrogens is 426 g/mol. The number of methoxy groups -OCH3 is 1.